The van der Waals surface area contributed by atoms with Crippen molar-refractivity contribution in [2.75, 3.05) is 47.4 Å². The summed E-state index contributed by atoms with van der Waals surface area (Å²) in [5, 5.41) is 3.52. The van der Waals surface area contributed by atoms with Gasteiger partial charge in [-0.05, 0) is 31.5 Å². The predicted octanol–water partition coefficient (Wildman–Crippen LogP) is 2.04. The monoisotopic (exact) mass is 318 g/mol. The number of ether oxygens (including phenoxy) is 1. The van der Waals surface area contributed by atoms with Gasteiger partial charge in [0.1, 0.15) is 5.75 Å². The molecule has 1 aliphatic heterocycles. The molecule has 0 radical (unpaired) electrons. The van der Waals surface area contributed by atoms with Crippen molar-refractivity contribution in [2.24, 2.45) is 10.9 Å². The topological polar surface area (TPSA) is 40.1 Å². The first-order chi connectivity index (χ1) is 11.2. The third-order valence-electron chi connectivity index (χ3n) is 4.54. The van der Waals surface area contributed by atoms with Gasteiger partial charge in [0, 0.05) is 39.3 Å². The number of hydrogen-bond acceptors (Lipinski definition) is 3. The van der Waals surface area contributed by atoms with Gasteiger partial charge in [-0.3, -0.25) is 4.99 Å². The van der Waals surface area contributed by atoms with Crippen LogP contribution in [0, 0.1) is 5.92 Å². The molecule has 0 aliphatic carbocycles. The van der Waals surface area contributed by atoms with E-state index in [-0.39, 0.29) is 0 Å². The number of methoxy groups -OCH3 is 1. The van der Waals surface area contributed by atoms with Gasteiger partial charge in [0.15, 0.2) is 5.96 Å². The van der Waals surface area contributed by atoms with Crippen LogP contribution in [0.5, 0.6) is 5.75 Å². The van der Waals surface area contributed by atoms with Crippen LogP contribution >= 0.6 is 0 Å². The minimum atomic E-state index is 0.714. The van der Waals surface area contributed by atoms with E-state index in [1.165, 1.54) is 25.1 Å². The highest BCUT2D eigenvalue weighted by Crippen LogP contribution is 2.19. The van der Waals surface area contributed by atoms with Gasteiger partial charge in [-0.15, -0.1) is 0 Å². The molecule has 1 aliphatic rings. The van der Waals surface area contributed by atoms with Crippen LogP contribution in [-0.4, -0.2) is 63.1 Å². The highest BCUT2D eigenvalue weighted by atomic mass is 16.5. The van der Waals surface area contributed by atoms with Crippen LogP contribution in [0.15, 0.2) is 29.3 Å². The van der Waals surface area contributed by atoms with Gasteiger partial charge in [0.25, 0.3) is 0 Å². The minimum absolute atomic E-state index is 0.714. The fourth-order valence-electron chi connectivity index (χ4n) is 3.15. The van der Waals surface area contributed by atoms with Gasteiger partial charge in [0.2, 0.25) is 0 Å². The quantitative estimate of drug-likeness (QED) is 0.644. The molecule has 23 heavy (non-hydrogen) atoms. The number of benzene rings is 1. The lowest BCUT2D eigenvalue weighted by atomic mass is 10.1. The van der Waals surface area contributed by atoms with Gasteiger partial charge in [0.05, 0.1) is 7.11 Å². The molecule has 5 nitrogen and oxygen atoms in total. The fourth-order valence-corrected chi connectivity index (χ4v) is 3.15. The molecule has 1 atom stereocenters. The summed E-state index contributed by atoms with van der Waals surface area (Å²) < 4.78 is 5.43. The minimum Gasteiger partial charge on any atom is -0.496 e. The average molecular weight is 318 g/mol. The Morgan fingerprint density at radius 2 is 2.22 bits per heavy atom. The Labute approximate surface area is 140 Å². The SMILES string of the molecule is CCN1CCC(CNC(=NC)N(C)Cc2ccccc2OC)C1. The van der Waals surface area contributed by atoms with E-state index in [0.717, 1.165) is 31.3 Å². The molecule has 0 aromatic heterocycles. The molecule has 0 saturated carbocycles. The van der Waals surface area contributed by atoms with Crippen molar-refractivity contribution < 1.29 is 4.74 Å². The Bertz CT molecular complexity index is 517. The Hall–Kier alpha value is -1.75. The van der Waals surface area contributed by atoms with Gasteiger partial charge >= 0.3 is 0 Å². The third kappa shape index (κ3) is 4.86. The maximum Gasteiger partial charge on any atom is 0.193 e. The van der Waals surface area contributed by atoms with Crippen molar-refractivity contribution in [3.8, 4) is 5.75 Å². The first kappa shape index (κ1) is 17.6. The van der Waals surface area contributed by atoms with E-state index < -0.39 is 0 Å². The van der Waals surface area contributed by atoms with Crippen LogP contribution in [0.3, 0.4) is 0 Å². The lowest BCUT2D eigenvalue weighted by Gasteiger charge is -2.24. The maximum absolute atomic E-state index is 5.43. The molecule has 1 unspecified atom stereocenters. The summed E-state index contributed by atoms with van der Waals surface area (Å²) in [6.45, 7) is 7.55. The van der Waals surface area contributed by atoms with E-state index >= 15 is 0 Å². The molecular weight excluding hydrogens is 288 g/mol. The molecule has 1 aromatic rings. The third-order valence-corrected chi connectivity index (χ3v) is 4.54. The second kappa shape index (κ2) is 8.77. The first-order valence-electron chi connectivity index (χ1n) is 8.44. The summed E-state index contributed by atoms with van der Waals surface area (Å²) in [4.78, 5) is 9.07. The molecular formula is C18H30N4O. The van der Waals surface area contributed by atoms with E-state index in [1.807, 2.05) is 25.2 Å². The Kier molecular flexibility index (Phi) is 6.71. The molecule has 128 valence electrons. The zero-order valence-electron chi connectivity index (χ0n) is 14.9. The second-order valence-electron chi connectivity index (χ2n) is 6.14. The number of nitrogens with one attached hydrogen (secondary N) is 1. The molecule has 0 amide bonds. The van der Waals surface area contributed by atoms with E-state index in [9.17, 15) is 0 Å². The summed E-state index contributed by atoms with van der Waals surface area (Å²) in [6.07, 6.45) is 1.27. The zero-order valence-corrected chi connectivity index (χ0v) is 14.9. The van der Waals surface area contributed by atoms with Crippen LogP contribution in [-0.2, 0) is 6.54 Å². The van der Waals surface area contributed by atoms with E-state index in [0.29, 0.717) is 5.92 Å². The van der Waals surface area contributed by atoms with E-state index in [4.69, 9.17) is 4.74 Å². The fraction of sp³-hybridized carbons (Fsp3) is 0.611. The second-order valence-corrected chi connectivity index (χ2v) is 6.14. The molecule has 0 bridgehead atoms. The lowest BCUT2D eigenvalue weighted by molar-refractivity contribution is 0.340. The molecule has 2 rings (SSSR count). The lowest BCUT2D eigenvalue weighted by Crippen LogP contribution is -2.41. The largest absolute Gasteiger partial charge is 0.496 e. The molecule has 1 fully saturated rings. The summed E-state index contributed by atoms with van der Waals surface area (Å²) in [5.41, 5.74) is 1.17. The van der Waals surface area contributed by atoms with Crippen molar-refractivity contribution in [3.63, 3.8) is 0 Å². The van der Waals surface area contributed by atoms with Crippen LogP contribution < -0.4 is 10.1 Å². The van der Waals surface area contributed by atoms with Gasteiger partial charge < -0.3 is 19.9 Å². The van der Waals surface area contributed by atoms with Crippen molar-refractivity contribution in [2.45, 2.75) is 19.9 Å². The number of hydrogen-bond donors (Lipinski definition) is 1. The normalized spacial score (nSPS) is 19.0. The maximum atomic E-state index is 5.43. The van der Waals surface area contributed by atoms with Crippen molar-refractivity contribution in [1.29, 1.82) is 0 Å². The number of nitrogens with zero attached hydrogens (tertiary/aromatic N) is 3. The van der Waals surface area contributed by atoms with E-state index in [2.05, 4.69) is 40.1 Å². The van der Waals surface area contributed by atoms with Gasteiger partial charge in [-0.1, -0.05) is 25.1 Å². The number of aliphatic imine (C=N–C) groups is 1. The van der Waals surface area contributed by atoms with Crippen molar-refractivity contribution >= 4 is 5.96 Å². The summed E-state index contributed by atoms with van der Waals surface area (Å²) in [7, 11) is 5.62. The number of rotatable bonds is 6. The van der Waals surface area contributed by atoms with Crippen LogP contribution in [0.4, 0.5) is 0 Å². The molecule has 1 saturated heterocycles. The summed E-state index contributed by atoms with van der Waals surface area (Å²) in [5.74, 6) is 2.57. The first-order valence-corrected chi connectivity index (χ1v) is 8.44. The van der Waals surface area contributed by atoms with Gasteiger partial charge in [-0.25, -0.2) is 0 Å². The number of para-hydroxylation sites is 1. The van der Waals surface area contributed by atoms with Crippen molar-refractivity contribution in [3.05, 3.63) is 29.8 Å². The van der Waals surface area contributed by atoms with Crippen LogP contribution in [0.1, 0.15) is 18.9 Å². The average Bonchev–Trinajstić information content (AvgIpc) is 3.04. The number of guanidine groups is 1. The Morgan fingerprint density at radius 1 is 1.43 bits per heavy atom. The highest BCUT2D eigenvalue weighted by Gasteiger charge is 2.21. The summed E-state index contributed by atoms with van der Waals surface area (Å²) >= 11 is 0. The number of likely N-dealkylation sites (tertiary alicyclic amines) is 1. The van der Waals surface area contributed by atoms with Crippen LogP contribution in [0.25, 0.3) is 0 Å². The zero-order chi connectivity index (χ0) is 16.7. The highest BCUT2D eigenvalue weighted by molar-refractivity contribution is 5.79. The predicted molar refractivity (Wildman–Crippen MR) is 96.0 cm³/mol. The van der Waals surface area contributed by atoms with E-state index in [1.54, 1.807) is 7.11 Å². The smallest absolute Gasteiger partial charge is 0.193 e. The molecule has 1 aromatic carbocycles. The Balaban J connectivity index is 1.88. The van der Waals surface area contributed by atoms with Crippen molar-refractivity contribution in [1.82, 2.24) is 15.1 Å². The standard InChI is InChI=1S/C18H30N4O/c1-5-22-11-10-15(13-22)12-20-18(19-2)21(3)14-16-8-6-7-9-17(16)23-4/h6-9,15H,5,10-14H2,1-4H3,(H,19,20). The molecule has 5 heteroatoms. The molecule has 1 N–H and O–H groups in total. The molecule has 0 spiro atoms. The van der Waals surface area contributed by atoms with Gasteiger partial charge in [-0.2, -0.15) is 0 Å². The Morgan fingerprint density at radius 3 is 2.87 bits per heavy atom. The molecule has 1 heterocycles. The van der Waals surface area contributed by atoms with Crippen LogP contribution in [0.2, 0.25) is 0 Å². The summed E-state index contributed by atoms with van der Waals surface area (Å²) in [6, 6.07) is 8.13.